The standard InChI is InChI=1S/C13H17FN2O2/c1-13(2,3)12-10(4-8(14)6-15-12)16-7-9(17)5-11(16)18/h4,6,9,17H,5,7H2,1-3H3/t9-/m1/s1. The molecule has 98 valence electrons. The van der Waals surface area contributed by atoms with Crippen molar-refractivity contribution >= 4 is 11.6 Å². The maximum Gasteiger partial charge on any atom is 0.229 e. The van der Waals surface area contributed by atoms with Crippen molar-refractivity contribution in [3.05, 3.63) is 23.8 Å². The molecule has 5 heteroatoms. The smallest absolute Gasteiger partial charge is 0.229 e. The number of hydrogen-bond acceptors (Lipinski definition) is 3. The molecule has 0 unspecified atom stereocenters. The molecule has 0 aromatic carbocycles. The van der Waals surface area contributed by atoms with Gasteiger partial charge in [-0.05, 0) is 0 Å². The van der Waals surface area contributed by atoms with Crippen LogP contribution in [0.2, 0.25) is 0 Å². The quantitative estimate of drug-likeness (QED) is 0.826. The molecule has 18 heavy (non-hydrogen) atoms. The summed E-state index contributed by atoms with van der Waals surface area (Å²) in [4.78, 5) is 17.3. The first-order valence-electron chi connectivity index (χ1n) is 5.93. The number of amides is 1. The molecule has 1 atom stereocenters. The van der Waals surface area contributed by atoms with E-state index >= 15 is 0 Å². The van der Waals surface area contributed by atoms with Gasteiger partial charge in [0.2, 0.25) is 5.91 Å². The lowest BCUT2D eigenvalue weighted by molar-refractivity contribution is -0.117. The molecule has 0 spiro atoms. The van der Waals surface area contributed by atoms with Crippen LogP contribution in [0.3, 0.4) is 0 Å². The molecule has 0 radical (unpaired) electrons. The van der Waals surface area contributed by atoms with Crippen LogP contribution < -0.4 is 4.90 Å². The SMILES string of the molecule is CC(C)(C)c1ncc(F)cc1N1C[C@H](O)CC1=O. The minimum atomic E-state index is -0.686. The van der Waals surface area contributed by atoms with Gasteiger partial charge in [0.05, 0.1) is 36.6 Å². The van der Waals surface area contributed by atoms with Gasteiger partial charge in [-0.3, -0.25) is 9.78 Å². The van der Waals surface area contributed by atoms with Crippen LogP contribution >= 0.6 is 0 Å². The van der Waals surface area contributed by atoms with E-state index in [4.69, 9.17) is 0 Å². The summed E-state index contributed by atoms with van der Waals surface area (Å²) in [5.74, 6) is -0.674. The predicted octanol–water partition coefficient (Wildman–Crippen LogP) is 1.62. The molecule has 1 aromatic rings. The van der Waals surface area contributed by atoms with Crippen molar-refractivity contribution in [2.24, 2.45) is 0 Å². The lowest BCUT2D eigenvalue weighted by atomic mass is 9.90. The van der Waals surface area contributed by atoms with Gasteiger partial charge >= 0.3 is 0 Å². The lowest BCUT2D eigenvalue weighted by Crippen LogP contribution is -2.29. The zero-order valence-corrected chi connectivity index (χ0v) is 10.8. The number of carbonyl (C=O) groups is 1. The number of pyridine rings is 1. The fourth-order valence-electron chi connectivity index (χ4n) is 2.13. The van der Waals surface area contributed by atoms with Crippen molar-refractivity contribution in [2.75, 3.05) is 11.4 Å². The fraction of sp³-hybridized carbons (Fsp3) is 0.538. The molecule has 2 rings (SSSR count). The van der Waals surface area contributed by atoms with Gasteiger partial charge in [-0.25, -0.2) is 4.39 Å². The Kier molecular flexibility index (Phi) is 3.11. The minimum absolute atomic E-state index is 0.0834. The van der Waals surface area contributed by atoms with E-state index in [-0.39, 0.29) is 24.3 Å². The molecule has 0 saturated carbocycles. The van der Waals surface area contributed by atoms with Crippen LogP contribution in [0.25, 0.3) is 0 Å². The van der Waals surface area contributed by atoms with Crippen LogP contribution in [0, 0.1) is 5.82 Å². The van der Waals surface area contributed by atoms with Crippen molar-refractivity contribution in [3.8, 4) is 0 Å². The van der Waals surface area contributed by atoms with Gasteiger partial charge in [-0.2, -0.15) is 0 Å². The van der Waals surface area contributed by atoms with Crippen molar-refractivity contribution in [1.82, 2.24) is 4.98 Å². The third-order valence-electron chi connectivity index (χ3n) is 2.94. The molecule has 1 aliphatic rings. The molecule has 1 N–H and O–H groups in total. The van der Waals surface area contributed by atoms with Gasteiger partial charge < -0.3 is 10.0 Å². The van der Waals surface area contributed by atoms with Gasteiger partial charge in [0.25, 0.3) is 0 Å². The maximum absolute atomic E-state index is 13.4. The fourth-order valence-corrected chi connectivity index (χ4v) is 2.13. The van der Waals surface area contributed by atoms with E-state index in [1.807, 2.05) is 20.8 Å². The van der Waals surface area contributed by atoms with Gasteiger partial charge in [0.15, 0.2) is 0 Å². The summed E-state index contributed by atoms with van der Waals surface area (Å²) in [5.41, 5.74) is 0.826. The number of carbonyl (C=O) groups excluding carboxylic acids is 1. The van der Waals surface area contributed by atoms with Gasteiger partial charge in [0, 0.05) is 11.5 Å². The van der Waals surface area contributed by atoms with Crippen LogP contribution in [-0.4, -0.2) is 28.6 Å². The third-order valence-corrected chi connectivity index (χ3v) is 2.94. The van der Waals surface area contributed by atoms with Gasteiger partial charge in [-0.15, -0.1) is 0 Å². The molecular formula is C13H17FN2O2. The van der Waals surface area contributed by atoms with E-state index in [1.54, 1.807) is 0 Å². The number of aromatic nitrogens is 1. The van der Waals surface area contributed by atoms with E-state index < -0.39 is 11.9 Å². The number of hydrogen-bond donors (Lipinski definition) is 1. The van der Waals surface area contributed by atoms with Crippen LogP contribution in [0.4, 0.5) is 10.1 Å². The highest BCUT2D eigenvalue weighted by molar-refractivity contribution is 5.96. The Bertz CT molecular complexity index is 482. The highest BCUT2D eigenvalue weighted by Crippen LogP contribution is 2.32. The highest BCUT2D eigenvalue weighted by atomic mass is 19.1. The number of aliphatic hydroxyl groups is 1. The number of nitrogens with zero attached hydrogens (tertiary/aromatic N) is 2. The summed E-state index contributed by atoms with van der Waals surface area (Å²) in [6.45, 7) is 6.06. The molecule has 1 fully saturated rings. The Labute approximate surface area is 105 Å². The van der Waals surface area contributed by atoms with E-state index in [9.17, 15) is 14.3 Å². The topological polar surface area (TPSA) is 53.4 Å². The zero-order chi connectivity index (χ0) is 13.5. The number of aliphatic hydroxyl groups excluding tert-OH is 1. The van der Waals surface area contributed by atoms with Crippen molar-refractivity contribution in [2.45, 2.75) is 38.7 Å². The summed E-state index contributed by atoms with van der Waals surface area (Å²) < 4.78 is 13.4. The molecule has 0 bridgehead atoms. The Morgan fingerprint density at radius 1 is 1.50 bits per heavy atom. The van der Waals surface area contributed by atoms with Gasteiger partial charge in [0.1, 0.15) is 5.82 Å². The zero-order valence-electron chi connectivity index (χ0n) is 10.8. The molecule has 1 aliphatic heterocycles. The van der Waals surface area contributed by atoms with E-state index in [0.717, 1.165) is 6.20 Å². The molecule has 1 aromatic heterocycles. The Morgan fingerprint density at radius 3 is 2.67 bits per heavy atom. The summed E-state index contributed by atoms with van der Waals surface area (Å²) in [7, 11) is 0. The van der Waals surface area contributed by atoms with Crippen LogP contribution in [0.5, 0.6) is 0 Å². The summed E-state index contributed by atoms with van der Waals surface area (Å²) >= 11 is 0. The number of rotatable bonds is 1. The maximum atomic E-state index is 13.4. The molecule has 1 saturated heterocycles. The molecule has 4 nitrogen and oxygen atoms in total. The largest absolute Gasteiger partial charge is 0.391 e. The highest BCUT2D eigenvalue weighted by Gasteiger charge is 2.33. The Hall–Kier alpha value is -1.49. The van der Waals surface area contributed by atoms with Crippen molar-refractivity contribution in [1.29, 1.82) is 0 Å². The summed E-state index contributed by atoms with van der Waals surface area (Å²) in [5, 5.41) is 9.52. The normalized spacial score (nSPS) is 20.6. The molecule has 2 heterocycles. The van der Waals surface area contributed by atoms with Crippen LogP contribution in [0.15, 0.2) is 12.3 Å². The lowest BCUT2D eigenvalue weighted by Gasteiger charge is -2.26. The first-order valence-corrected chi connectivity index (χ1v) is 5.93. The minimum Gasteiger partial charge on any atom is -0.391 e. The summed E-state index contributed by atoms with van der Waals surface area (Å²) in [6.07, 6.45) is 0.551. The first-order chi connectivity index (χ1) is 8.29. The number of anilines is 1. The van der Waals surface area contributed by atoms with Crippen LogP contribution in [0.1, 0.15) is 32.9 Å². The number of halogens is 1. The second kappa shape index (κ2) is 4.31. The second-order valence-corrected chi connectivity index (χ2v) is 5.63. The second-order valence-electron chi connectivity index (χ2n) is 5.63. The van der Waals surface area contributed by atoms with E-state index in [2.05, 4.69) is 4.98 Å². The Morgan fingerprint density at radius 2 is 2.17 bits per heavy atom. The van der Waals surface area contributed by atoms with E-state index in [1.165, 1.54) is 11.0 Å². The third kappa shape index (κ3) is 2.36. The average Bonchev–Trinajstić information content (AvgIpc) is 2.55. The monoisotopic (exact) mass is 252 g/mol. The van der Waals surface area contributed by atoms with Crippen molar-refractivity contribution < 1.29 is 14.3 Å². The summed E-state index contributed by atoms with van der Waals surface area (Å²) in [6, 6.07) is 1.31. The van der Waals surface area contributed by atoms with E-state index in [0.29, 0.717) is 11.4 Å². The molecule has 1 amide bonds. The Balaban J connectivity index is 2.49. The van der Waals surface area contributed by atoms with Crippen molar-refractivity contribution in [3.63, 3.8) is 0 Å². The molecule has 0 aliphatic carbocycles. The van der Waals surface area contributed by atoms with Crippen LogP contribution in [-0.2, 0) is 10.2 Å². The van der Waals surface area contributed by atoms with Gasteiger partial charge in [-0.1, -0.05) is 20.8 Å². The number of β-amino-alcohol motifs (C(OH)–C–C–N with tert-alkyl or cyclic N) is 1. The average molecular weight is 252 g/mol. The molecular weight excluding hydrogens is 235 g/mol. The predicted molar refractivity (Wildman–Crippen MR) is 65.9 cm³/mol. The first kappa shape index (κ1) is 13.0.